The van der Waals surface area contributed by atoms with Crippen molar-refractivity contribution in [3.63, 3.8) is 0 Å². The lowest BCUT2D eigenvalue weighted by Crippen LogP contribution is -2.49. The van der Waals surface area contributed by atoms with E-state index in [2.05, 4.69) is 20.9 Å². The van der Waals surface area contributed by atoms with Crippen LogP contribution in [0.15, 0.2) is 35.8 Å². The van der Waals surface area contributed by atoms with Crippen molar-refractivity contribution in [2.45, 2.75) is 6.04 Å². The molecule has 2 N–H and O–H groups in total. The maximum atomic E-state index is 6.10. The van der Waals surface area contributed by atoms with E-state index in [4.69, 9.17) is 17.3 Å². The van der Waals surface area contributed by atoms with Gasteiger partial charge in [0.25, 0.3) is 0 Å². The van der Waals surface area contributed by atoms with E-state index in [0.717, 1.165) is 36.3 Å². The van der Waals surface area contributed by atoms with Gasteiger partial charge in [-0.15, -0.1) is 11.3 Å². The molecule has 21 heavy (non-hydrogen) atoms. The van der Waals surface area contributed by atoms with E-state index in [1.165, 1.54) is 5.56 Å². The van der Waals surface area contributed by atoms with E-state index >= 15 is 0 Å². The van der Waals surface area contributed by atoms with Crippen LogP contribution in [-0.4, -0.2) is 42.6 Å². The van der Waals surface area contributed by atoms with E-state index in [1.807, 2.05) is 29.8 Å². The zero-order chi connectivity index (χ0) is 14.7. The maximum Gasteiger partial charge on any atom is 0.185 e. The summed E-state index contributed by atoms with van der Waals surface area (Å²) in [7, 11) is 0. The van der Waals surface area contributed by atoms with Crippen LogP contribution in [-0.2, 0) is 0 Å². The molecule has 0 aliphatic carbocycles. The van der Waals surface area contributed by atoms with Gasteiger partial charge in [-0.3, -0.25) is 4.90 Å². The van der Waals surface area contributed by atoms with Crippen molar-refractivity contribution in [2.75, 3.05) is 37.6 Å². The average molecular weight is 323 g/mol. The Morgan fingerprint density at radius 3 is 2.71 bits per heavy atom. The number of hydrogen-bond donors (Lipinski definition) is 1. The van der Waals surface area contributed by atoms with Gasteiger partial charge in [0.15, 0.2) is 5.13 Å². The van der Waals surface area contributed by atoms with Gasteiger partial charge in [0.05, 0.1) is 0 Å². The van der Waals surface area contributed by atoms with Crippen molar-refractivity contribution >= 4 is 28.1 Å². The molecular formula is C15H19ClN4S. The monoisotopic (exact) mass is 322 g/mol. The standard InChI is InChI=1S/C15H19ClN4S/c16-13-3-1-2-12(10-13)14(11-17)19-5-7-20(8-6-19)15-18-4-9-21-15/h1-4,9-10,14H,5-8,11,17H2. The number of piperazine rings is 1. The van der Waals surface area contributed by atoms with Crippen molar-refractivity contribution in [3.05, 3.63) is 46.4 Å². The molecule has 1 fully saturated rings. The third-order valence-electron chi connectivity index (χ3n) is 3.90. The molecule has 0 spiro atoms. The molecule has 1 unspecified atom stereocenters. The minimum atomic E-state index is 0.238. The highest BCUT2D eigenvalue weighted by Crippen LogP contribution is 2.25. The first-order chi connectivity index (χ1) is 10.3. The highest BCUT2D eigenvalue weighted by molar-refractivity contribution is 7.13. The normalized spacial score (nSPS) is 17.9. The Labute approximate surface area is 134 Å². The molecule has 1 aliphatic rings. The molecule has 1 saturated heterocycles. The summed E-state index contributed by atoms with van der Waals surface area (Å²) in [6.45, 7) is 4.58. The number of benzene rings is 1. The maximum absolute atomic E-state index is 6.10. The molecule has 4 nitrogen and oxygen atoms in total. The van der Waals surface area contributed by atoms with Crippen LogP contribution in [0.5, 0.6) is 0 Å². The molecule has 2 heterocycles. The predicted molar refractivity (Wildman–Crippen MR) is 89.1 cm³/mol. The Bertz CT molecular complexity index is 567. The lowest BCUT2D eigenvalue weighted by atomic mass is 10.0. The van der Waals surface area contributed by atoms with Gasteiger partial charge >= 0.3 is 0 Å². The van der Waals surface area contributed by atoms with Crippen LogP contribution in [0.1, 0.15) is 11.6 Å². The summed E-state index contributed by atoms with van der Waals surface area (Å²) in [5.41, 5.74) is 7.21. The Morgan fingerprint density at radius 2 is 2.10 bits per heavy atom. The van der Waals surface area contributed by atoms with Gasteiger partial charge in [-0.25, -0.2) is 4.98 Å². The molecule has 3 rings (SSSR count). The summed E-state index contributed by atoms with van der Waals surface area (Å²) >= 11 is 7.80. The molecule has 1 aliphatic heterocycles. The Balaban J connectivity index is 1.67. The predicted octanol–water partition coefficient (Wildman–Crippen LogP) is 2.62. The zero-order valence-corrected chi connectivity index (χ0v) is 13.4. The molecular weight excluding hydrogens is 304 g/mol. The lowest BCUT2D eigenvalue weighted by molar-refractivity contribution is 0.190. The number of thiazole rings is 1. The van der Waals surface area contributed by atoms with Crippen molar-refractivity contribution < 1.29 is 0 Å². The van der Waals surface area contributed by atoms with Crippen molar-refractivity contribution in [3.8, 4) is 0 Å². The van der Waals surface area contributed by atoms with Gasteiger partial charge in [0.2, 0.25) is 0 Å². The van der Waals surface area contributed by atoms with Gasteiger partial charge in [-0.1, -0.05) is 23.7 Å². The summed E-state index contributed by atoms with van der Waals surface area (Å²) in [4.78, 5) is 9.16. The third-order valence-corrected chi connectivity index (χ3v) is 4.97. The molecule has 112 valence electrons. The average Bonchev–Trinajstić information content (AvgIpc) is 3.03. The molecule has 1 atom stereocenters. The first-order valence-electron chi connectivity index (χ1n) is 7.12. The lowest BCUT2D eigenvalue weighted by Gasteiger charge is -2.39. The Morgan fingerprint density at radius 1 is 1.29 bits per heavy atom. The Kier molecular flexibility index (Phi) is 4.75. The number of rotatable bonds is 4. The molecule has 1 aromatic heterocycles. The fraction of sp³-hybridized carbons (Fsp3) is 0.400. The van der Waals surface area contributed by atoms with E-state index in [0.29, 0.717) is 6.54 Å². The van der Waals surface area contributed by atoms with Crippen LogP contribution in [0.2, 0.25) is 5.02 Å². The summed E-state index contributed by atoms with van der Waals surface area (Å²) in [5.74, 6) is 0. The van der Waals surface area contributed by atoms with Gasteiger partial charge in [-0.05, 0) is 17.7 Å². The molecule has 0 bridgehead atoms. The molecule has 0 radical (unpaired) electrons. The minimum absolute atomic E-state index is 0.238. The number of aromatic nitrogens is 1. The van der Waals surface area contributed by atoms with Crippen molar-refractivity contribution in [1.29, 1.82) is 0 Å². The van der Waals surface area contributed by atoms with Crippen LogP contribution in [0.4, 0.5) is 5.13 Å². The van der Waals surface area contributed by atoms with Crippen LogP contribution >= 0.6 is 22.9 Å². The number of nitrogens with two attached hydrogens (primary N) is 1. The highest BCUT2D eigenvalue weighted by atomic mass is 35.5. The zero-order valence-electron chi connectivity index (χ0n) is 11.8. The third kappa shape index (κ3) is 3.37. The summed E-state index contributed by atoms with van der Waals surface area (Å²) in [6.07, 6.45) is 1.86. The molecule has 1 aromatic carbocycles. The fourth-order valence-electron chi connectivity index (χ4n) is 2.81. The highest BCUT2D eigenvalue weighted by Gasteiger charge is 2.25. The molecule has 6 heteroatoms. The van der Waals surface area contributed by atoms with Crippen LogP contribution < -0.4 is 10.6 Å². The van der Waals surface area contributed by atoms with Crippen molar-refractivity contribution in [2.24, 2.45) is 5.73 Å². The van der Waals surface area contributed by atoms with Gasteiger partial charge in [-0.2, -0.15) is 0 Å². The second-order valence-corrected chi connectivity index (χ2v) is 6.45. The smallest absolute Gasteiger partial charge is 0.185 e. The second-order valence-electron chi connectivity index (χ2n) is 5.14. The summed E-state index contributed by atoms with van der Waals surface area (Å²) < 4.78 is 0. The second kappa shape index (κ2) is 6.75. The van der Waals surface area contributed by atoms with E-state index in [9.17, 15) is 0 Å². The van der Waals surface area contributed by atoms with Crippen LogP contribution in [0.25, 0.3) is 0 Å². The molecule has 2 aromatic rings. The fourth-order valence-corrected chi connectivity index (χ4v) is 3.70. The van der Waals surface area contributed by atoms with Gasteiger partial charge in [0, 0.05) is 55.4 Å². The van der Waals surface area contributed by atoms with Crippen LogP contribution in [0, 0.1) is 0 Å². The van der Waals surface area contributed by atoms with Crippen LogP contribution in [0.3, 0.4) is 0 Å². The largest absolute Gasteiger partial charge is 0.346 e. The first kappa shape index (κ1) is 14.8. The molecule has 0 saturated carbocycles. The topological polar surface area (TPSA) is 45.4 Å². The number of nitrogens with zero attached hydrogens (tertiary/aromatic N) is 3. The SMILES string of the molecule is NCC(c1cccc(Cl)c1)N1CCN(c2nccs2)CC1. The number of anilines is 1. The van der Waals surface area contributed by atoms with Gasteiger partial charge < -0.3 is 10.6 Å². The summed E-state index contributed by atoms with van der Waals surface area (Å²) in [6, 6.07) is 8.26. The quantitative estimate of drug-likeness (QED) is 0.940. The minimum Gasteiger partial charge on any atom is -0.346 e. The van der Waals surface area contributed by atoms with E-state index in [1.54, 1.807) is 11.3 Å². The Hall–Kier alpha value is -1.14. The first-order valence-corrected chi connectivity index (χ1v) is 8.37. The number of halogens is 1. The van der Waals surface area contributed by atoms with Gasteiger partial charge in [0.1, 0.15) is 0 Å². The number of hydrogen-bond acceptors (Lipinski definition) is 5. The van der Waals surface area contributed by atoms with E-state index in [-0.39, 0.29) is 6.04 Å². The van der Waals surface area contributed by atoms with E-state index < -0.39 is 0 Å². The van der Waals surface area contributed by atoms with Crippen molar-refractivity contribution in [1.82, 2.24) is 9.88 Å². The summed E-state index contributed by atoms with van der Waals surface area (Å²) in [5, 5.41) is 3.91. The molecule has 0 amide bonds.